The normalized spacial score (nSPS) is 35.2. The number of nitrogens with one attached hydrogen (secondary N) is 1. The Labute approximate surface area is 207 Å². The van der Waals surface area contributed by atoms with Crippen LogP contribution in [0.4, 0.5) is 5.00 Å². The Morgan fingerprint density at radius 2 is 1.71 bits per heavy atom. The summed E-state index contributed by atoms with van der Waals surface area (Å²) in [5.41, 5.74) is 1.68. The highest BCUT2D eigenvalue weighted by Gasteiger charge is 2.50. The number of esters is 1. The molecule has 1 saturated heterocycles. The number of hydrogen-bond donors (Lipinski definition) is 1. The SMILES string of the molecule is COC(=O)c1c(NC(=O)CN2CCN(C3C4CC5CC(C4)CC3C5)CC2)sc2c1CCC(C)C2. The van der Waals surface area contributed by atoms with Crippen LogP contribution in [0.15, 0.2) is 0 Å². The van der Waals surface area contributed by atoms with Crippen LogP contribution in [0.3, 0.4) is 0 Å². The van der Waals surface area contributed by atoms with Gasteiger partial charge in [0.25, 0.3) is 0 Å². The predicted molar refractivity (Wildman–Crippen MR) is 134 cm³/mol. The topological polar surface area (TPSA) is 61.9 Å². The van der Waals surface area contributed by atoms with Crippen LogP contribution in [0.25, 0.3) is 0 Å². The van der Waals surface area contributed by atoms with Crippen molar-refractivity contribution in [3.8, 4) is 0 Å². The van der Waals surface area contributed by atoms with E-state index in [1.807, 2.05) is 0 Å². The standard InChI is InChI=1S/C27H39N3O3S/c1-16-3-4-21-22(9-16)34-26(24(21)27(32)33-2)28-23(31)15-29-5-7-30(8-6-29)25-19-11-17-10-18(13-19)14-20(25)12-17/h16-20,25H,3-15H2,1-2H3,(H,28,31). The van der Waals surface area contributed by atoms with Gasteiger partial charge < -0.3 is 10.1 Å². The average Bonchev–Trinajstić information content (AvgIpc) is 3.15. The number of methoxy groups -OCH3 is 1. The van der Waals surface area contributed by atoms with E-state index in [-0.39, 0.29) is 11.9 Å². The van der Waals surface area contributed by atoms with Crippen molar-refractivity contribution >= 4 is 28.2 Å². The molecule has 0 aromatic carbocycles. The van der Waals surface area contributed by atoms with Crippen LogP contribution in [0.1, 0.15) is 66.2 Å². The lowest BCUT2D eigenvalue weighted by atomic mass is 9.54. The summed E-state index contributed by atoms with van der Waals surface area (Å²) in [6, 6.07) is 0.797. The van der Waals surface area contributed by atoms with Crippen molar-refractivity contribution in [2.75, 3.05) is 45.2 Å². The summed E-state index contributed by atoms with van der Waals surface area (Å²) in [7, 11) is 1.42. The summed E-state index contributed by atoms with van der Waals surface area (Å²) >= 11 is 1.57. The zero-order chi connectivity index (χ0) is 23.4. The third-order valence-corrected chi connectivity index (χ3v) is 10.7. The van der Waals surface area contributed by atoms with Gasteiger partial charge in [0.2, 0.25) is 5.91 Å². The van der Waals surface area contributed by atoms with Crippen LogP contribution in [-0.2, 0) is 22.4 Å². The smallest absolute Gasteiger partial charge is 0.341 e. The number of ether oxygens (including phenoxy) is 1. The maximum absolute atomic E-state index is 13.0. The monoisotopic (exact) mass is 485 g/mol. The molecule has 34 heavy (non-hydrogen) atoms. The van der Waals surface area contributed by atoms with E-state index in [1.165, 1.54) is 44.1 Å². The number of carbonyl (C=O) groups is 2. The Kier molecular flexibility index (Phi) is 6.23. The Balaban J connectivity index is 1.06. The fraction of sp³-hybridized carbons (Fsp3) is 0.778. The molecular formula is C27H39N3O3S. The molecule has 2 heterocycles. The highest BCUT2D eigenvalue weighted by molar-refractivity contribution is 7.17. The van der Waals surface area contributed by atoms with Crippen molar-refractivity contribution in [1.29, 1.82) is 0 Å². The van der Waals surface area contributed by atoms with Gasteiger partial charge in [-0.15, -0.1) is 11.3 Å². The van der Waals surface area contributed by atoms with E-state index in [2.05, 4.69) is 22.0 Å². The minimum absolute atomic E-state index is 0.0140. The molecule has 5 aliphatic carbocycles. The zero-order valence-electron chi connectivity index (χ0n) is 20.7. The van der Waals surface area contributed by atoms with Gasteiger partial charge in [-0.05, 0) is 86.5 Å². The molecule has 1 N–H and O–H groups in total. The van der Waals surface area contributed by atoms with Crippen molar-refractivity contribution in [2.24, 2.45) is 29.6 Å². The summed E-state index contributed by atoms with van der Waals surface area (Å²) in [4.78, 5) is 31.8. The molecule has 7 rings (SSSR count). The maximum atomic E-state index is 13.0. The van der Waals surface area contributed by atoms with Crippen molar-refractivity contribution in [1.82, 2.24) is 9.80 Å². The van der Waals surface area contributed by atoms with E-state index < -0.39 is 0 Å². The fourth-order valence-electron chi connectivity index (χ4n) is 8.24. The number of amides is 1. The second-order valence-corrected chi connectivity index (χ2v) is 12.9. The molecule has 0 spiro atoms. The first kappa shape index (κ1) is 23.0. The number of piperazine rings is 1. The lowest BCUT2D eigenvalue weighted by Gasteiger charge is -2.58. The fourth-order valence-corrected chi connectivity index (χ4v) is 9.65. The van der Waals surface area contributed by atoms with Crippen molar-refractivity contribution < 1.29 is 14.3 Å². The van der Waals surface area contributed by atoms with Crippen LogP contribution in [0.2, 0.25) is 0 Å². The van der Waals surface area contributed by atoms with E-state index in [4.69, 9.17) is 4.74 Å². The summed E-state index contributed by atoms with van der Waals surface area (Å²) in [6.07, 6.45) is 10.3. The summed E-state index contributed by atoms with van der Waals surface area (Å²) in [5.74, 6) is 4.16. The number of carbonyl (C=O) groups excluding carboxylic acids is 2. The Morgan fingerprint density at radius 3 is 2.35 bits per heavy atom. The van der Waals surface area contributed by atoms with Crippen molar-refractivity contribution in [3.63, 3.8) is 0 Å². The van der Waals surface area contributed by atoms with E-state index in [9.17, 15) is 9.59 Å². The van der Waals surface area contributed by atoms with Gasteiger partial charge >= 0.3 is 5.97 Å². The summed E-state index contributed by atoms with van der Waals surface area (Å²) in [6.45, 7) is 6.73. The van der Waals surface area contributed by atoms with Crippen molar-refractivity contribution in [2.45, 2.75) is 64.3 Å². The minimum atomic E-state index is -0.327. The number of anilines is 1. The molecule has 1 atom stereocenters. The molecule has 6 nitrogen and oxygen atoms in total. The van der Waals surface area contributed by atoms with E-state index in [0.29, 0.717) is 23.0 Å². The van der Waals surface area contributed by atoms with Crippen LogP contribution >= 0.6 is 11.3 Å². The lowest BCUT2D eigenvalue weighted by molar-refractivity contribution is -0.118. The third kappa shape index (κ3) is 4.22. The molecule has 6 aliphatic rings. The molecular weight excluding hydrogens is 446 g/mol. The van der Waals surface area contributed by atoms with Gasteiger partial charge in [-0.2, -0.15) is 0 Å². The Bertz CT molecular complexity index is 923. The number of nitrogens with zero attached hydrogens (tertiary/aromatic N) is 2. The lowest BCUT2D eigenvalue weighted by Crippen LogP contribution is -2.60. The Hall–Kier alpha value is -1.44. The third-order valence-electron chi connectivity index (χ3n) is 9.53. The van der Waals surface area contributed by atoms with E-state index in [1.54, 1.807) is 11.3 Å². The molecule has 1 unspecified atom stereocenters. The molecule has 1 aromatic rings. The predicted octanol–water partition coefficient (Wildman–Crippen LogP) is 4.04. The molecule has 1 aromatic heterocycles. The van der Waals surface area contributed by atoms with Gasteiger partial charge in [0.1, 0.15) is 5.00 Å². The second-order valence-electron chi connectivity index (χ2n) is 11.8. The molecule has 0 radical (unpaired) electrons. The molecule has 186 valence electrons. The second kappa shape index (κ2) is 9.21. The van der Waals surface area contributed by atoms with Gasteiger partial charge in [-0.3, -0.25) is 14.6 Å². The summed E-state index contributed by atoms with van der Waals surface area (Å²) in [5, 5.41) is 3.77. The van der Waals surface area contributed by atoms with Crippen LogP contribution in [0.5, 0.6) is 0 Å². The van der Waals surface area contributed by atoms with Gasteiger partial charge in [0.05, 0.1) is 19.2 Å². The molecule has 5 fully saturated rings. The van der Waals surface area contributed by atoms with E-state index in [0.717, 1.165) is 80.7 Å². The number of hydrogen-bond acceptors (Lipinski definition) is 6. The van der Waals surface area contributed by atoms with Gasteiger partial charge in [0, 0.05) is 37.1 Å². The minimum Gasteiger partial charge on any atom is -0.465 e. The maximum Gasteiger partial charge on any atom is 0.341 e. The first-order valence-electron chi connectivity index (χ1n) is 13.5. The molecule has 1 aliphatic heterocycles. The quantitative estimate of drug-likeness (QED) is 0.638. The molecule has 4 bridgehead atoms. The van der Waals surface area contributed by atoms with Crippen molar-refractivity contribution in [3.05, 3.63) is 16.0 Å². The highest BCUT2D eigenvalue weighted by Crippen LogP contribution is 2.55. The number of fused-ring (bicyclic) bond motifs is 1. The highest BCUT2D eigenvalue weighted by atomic mass is 32.1. The Morgan fingerprint density at radius 1 is 1.03 bits per heavy atom. The first-order chi connectivity index (χ1) is 16.5. The molecule has 4 saturated carbocycles. The average molecular weight is 486 g/mol. The van der Waals surface area contributed by atoms with Crippen LogP contribution < -0.4 is 5.32 Å². The molecule has 1 amide bonds. The first-order valence-corrected chi connectivity index (χ1v) is 14.3. The molecule has 7 heteroatoms. The number of thiophene rings is 1. The van der Waals surface area contributed by atoms with Gasteiger partial charge in [0.15, 0.2) is 0 Å². The van der Waals surface area contributed by atoms with Crippen LogP contribution in [0, 0.1) is 29.6 Å². The summed E-state index contributed by atoms with van der Waals surface area (Å²) < 4.78 is 5.07. The number of rotatable bonds is 5. The van der Waals surface area contributed by atoms with Crippen LogP contribution in [-0.4, -0.2) is 67.6 Å². The van der Waals surface area contributed by atoms with E-state index >= 15 is 0 Å². The largest absolute Gasteiger partial charge is 0.465 e. The zero-order valence-corrected chi connectivity index (χ0v) is 21.5. The van der Waals surface area contributed by atoms with Gasteiger partial charge in [-0.1, -0.05) is 6.92 Å². The van der Waals surface area contributed by atoms with Gasteiger partial charge in [-0.25, -0.2) is 4.79 Å².